The minimum absolute atomic E-state index is 0.219. The van der Waals surface area contributed by atoms with E-state index in [9.17, 15) is 4.79 Å². The predicted molar refractivity (Wildman–Crippen MR) is 126 cm³/mol. The summed E-state index contributed by atoms with van der Waals surface area (Å²) in [5.41, 5.74) is 0.765. The Bertz CT molecular complexity index is 733. The van der Waals surface area contributed by atoms with Crippen LogP contribution in [0.4, 0.5) is 5.82 Å². The van der Waals surface area contributed by atoms with Crippen LogP contribution in [0.25, 0.3) is 0 Å². The zero-order chi connectivity index (χ0) is 22.3. The quantitative estimate of drug-likeness (QED) is 0.506. The Hall–Kier alpha value is -2.35. The fraction of sp³-hybridized carbons (Fsp3) is 0.696. The topological polar surface area (TPSA) is 76.1 Å². The van der Waals surface area contributed by atoms with Crippen molar-refractivity contribution in [2.45, 2.75) is 39.2 Å². The number of nitrogens with one attached hydrogen (secondary N) is 2. The molecule has 1 aliphatic carbocycles. The number of anilines is 1. The molecule has 8 heteroatoms. The molecule has 0 unspecified atom stereocenters. The van der Waals surface area contributed by atoms with Crippen LogP contribution in [0.2, 0.25) is 0 Å². The summed E-state index contributed by atoms with van der Waals surface area (Å²) < 4.78 is 0. The van der Waals surface area contributed by atoms with Gasteiger partial charge in [0.2, 0.25) is 5.91 Å². The molecule has 1 aliphatic heterocycles. The molecule has 0 aromatic carbocycles. The van der Waals surface area contributed by atoms with Crippen LogP contribution in [-0.2, 0) is 11.3 Å². The second-order valence-corrected chi connectivity index (χ2v) is 9.05. The van der Waals surface area contributed by atoms with Crippen molar-refractivity contribution in [1.82, 2.24) is 25.4 Å². The molecule has 0 radical (unpaired) electrons. The summed E-state index contributed by atoms with van der Waals surface area (Å²) in [6.45, 7) is 8.19. The fourth-order valence-electron chi connectivity index (χ4n) is 4.49. The molecule has 1 saturated heterocycles. The Morgan fingerprint density at radius 2 is 1.87 bits per heavy atom. The molecule has 1 amide bonds. The van der Waals surface area contributed by atoms with Crippen molar-refractivity contribution in [3.63, 3.8) is 0 Å². The second-order valence-electron chi connectivity index (χ2n) is 9.05. The number of likely N-dealkylation sites (N-methyl/N-ethyl adjacent to an activating group) is 1. The van der Waals surface area contributed by atoms with Gasteiger partial charge in [-0.2, -0.15) is 0 Å². The first-order valence-corrected chi connectivity index (χ1v) is 11.6. The number of guanidine groups is 1. The van der Waals surface area contributed by atoms with Gasteiger partial charge in [0.15, 0.2) is 5.96 Å². The number of nitrogens with zero attached hydrogens (tertiary/aromatic N) is 5. The van der Waals surface area contributed by atoms with Gasteiger partial charge >= 0.3 is 0 Å². The van der Waals surface area contributed by atoms with Crippen molar-refractivity contribution in [2.75, 3.05) is 65.3 Å². The molecule has 0 spiro atoms. The van der Waals surface area contributed by atoms with Crippen LogP contribution in [0, 0.1) is 5.41 Å². The maximum Gasteiger partial charge on any atom is 0.230 e. The van der Waals surface area contributed by atoms with E-state index in [0.717, 1.165) is 75.7 Å². The third kappa shape index (κ3) is 6.09. The lowest BCUT2D eigenvalue weighted by molar-refractivity contribution is -0.138. The van der Waals surface area contributed by atoms with E-state index in [-0.39, 0.29) is 11.3 Å². The highest BCUT2D eigenvalue weighted by molar-refractivity contribution is 5.85. The smallest absolute Gasteiger partial charge is 0.230 e. The first-order valence-electron chi connectivity index (χ1n) is 11.6. The third-order valence-electron chi connectivity index (χ3n) is 6.42. The minimum atomic E-state index is -0.314. The fourth-order valence-corrected chi connectivity index (χ4v) is 4.49. The van der Waals surface area contributed by atoms with Crippen molar-refractivity contribution < 1.29 is 4.79 Å². The van der Waals surface area contributed by atoms with Crippen LogP contribution in [-0.4, -0.2) is 87.1 Å². The number of carbonyl (C=O) groups is 1. The van der Waals surface area contributed by atoms with E-state index in [1.807, 2.05) is 20.3 Å². The summed E-state index contributed by atoms with van der Waals surface area (Å²) in [5, 5.41) is 6.74. The van der Waals surface area contributed by atoms with E-state index in [0.29, 0.717) is 13.1 Å². The maximum absolute atomic E-state index is 12.8. The van der Waals surface area contributed by atoms with Gasteiger partial charge in [-0.25, -0.2) is 9.98 Å². The standard InChI is InChI=1S/C23H39N7O/c1-5-24-22(27-18-23(10-6-7-11-23)21(31)28(2)3)26-17-19-8-9-20(25-16-19)30-14-12-29(4)13-15-30/h8-9,16H,5-7,10-15,17-18H2,1-4H3,(H2,24,26,27). The number of hydrogen-bond donors (Lipinski definition) is 2. The number of carbonyl (C=O) groups excluding carboxylic acids is 1. The van der Waals surface area contributed by atoms with E-state index in [1.165, 1.54) is 0 Å². The van der Waals surface area contributed by atoms with Crippen LogP contribution in [0.1, 0.15) is 38.2 Å². The molecular weight excluding hydrogens is 390 g/mol. The van der Waals surface area contributed by atoms with Crippen molar-refractivity contribution in [2.24, 2.45) is 10.4 Å². The number of amides is 1. The zero-order valence-electron chi connectivity index (χ0n) is 19.7. The van der Waals surface area contributed by atoms with Gasteiger partial charge in [-0.1, -0.05) is 18.9 Å². The summed E-state index contributed by atoms with van der Waals surface area (Å²) in [7, 11) is 5.85. The summed E-state index contributed by atoms with van der Waals surface area (Å²) >= 11 is 0. The third-order valence-corrected chi connectivity index (χ3v) is 6.42. The van der Waals surface area contributed by atoms with Gasteiger partial charge in [0.1, 0.15) is 5.82 Å². The predicted octanol–water partition coefficient (Wildman–Crippen LogP) is 1.54. The van der Waals surface area contributed by atoms with Gasteiger partial charge < -0.3 is 25.3 Å². The van der Waals surface area contributed by atoms with Gasteiger partial charge in [0, 0.05) is 59.6 Å². The van der Waals surface area contributed by atoms with E-state index >= 15 is 0 Å². The van der Waals surface area contributed by atoms with Crippen molar-refractivity contribution in [1.29, 1.82) is 0 Å². The molecule has 2 heterocycles. The molecule has 1 aromatic heterocycles. The second kappa shape index (κ2) is 10.8. The largest absolute Gasteiger partial charge is 0.357 e. The monoisotopic (exact) mass is 429 g/mol. The van der Waals surface area contributed by atoms with Crippen LogP contribution in [0.15, 0.2) is 23.3 Å². The number of rotatable bonds is 7. The molecule has 1 aromatic rings. The molecule has 1 saturated carbocycles. The van der Waals surface area contributed by atoms with Crippen molar-refractivity contribution in [3.8, 4) is 0 Å². The van der Waals surface area contributed by atoms with Crippen LogP contribution in [0.5, 0.6) is 0 Å². The molecule has 172 valence electrons. The zero-order valence-corrected chi connectivity index (χ0v) is 19.7. The molecule has 0 bridgehead atoms. The molecule has 2 N–H and O–H groups in total. The highest BCUT2D eigenvalue weighted by Gasteiger charge is 2.42. The first-order chi connectivity index (χ1) is 14.9. The number of pyridine rings is 1. The van der Waals surface area contributed by atoms with E-state index in [2.05, 4.69) is 51.5 Å². The SMILES string of the molecule is CCNC(=NCc1ccc(N2CCN(C)CC2)nc1)NCC1(C(=O)N(C)C)CCCC1. The van der Waals surface area contributed by atoms with Crippen molar-refractivity contribution in [3.05, 3.63) is 23.9 Å². The Morgan fingerprint density at radius 1 is 1.16 bits per heavy atom. The Labute approximate surface area is 187 Å². The van der Waals surface area contributed by atoms with Gasteiger partial charge in [0.05, 0.1) is 12.0 Å². The summed E-state index contributed by atoms with van der Waals surface area (Å²) in [5.74, 6) is 2.01. The molecule has 8 nitrogen and oxygen atoms in total. The molecular formula is C23H39N7O. The summed E-state index contributed by atoms with van der Waals surface area (Å²) in [4.78, 5) is 28.6. The first kappa shape index (κ1) is 23.3. The van der Waals surface area contributed by atoms with Crippen molar-refractivity contribution >= 4 is 17.7 Å². The van der Waals surface area contributed by atoms with E-state index in [4.69, 9.17) is 4.99 Å². The van der Waals surface area contributed by atoms with Crippen LogP contribution in [0.3, 0.4) is 0 Å². The van der Waals surface area contributed by atoms with E-state index in [1.54, 1.807) is 4.90 Å². The normalized spacial score (nSPS) is 19.4. The Kier molecular flexibility index (Phi) is 8.12. The number of hydrogen-bond acceptors (Lipinski definition) is 5. The Balaban J connectivity index is 1.59. The minimum Gasteiger partial charge on any atom is -0.357 e. The Morgan fingerprint density at radius 3 is 2.45 bits per heavy atom. The van der Waals surface area contributed by atoms with Gasteiger partial charge in [-0.15, -0.1) is 0 Å². The summed E-state index contributed by atoms with van der Waals surface area (Å²) in [6.07, 6.45) is 6.03. The van der Waals surface area contributed by atoms with Gasteiger partial charge in [-0.3, -0.25) is 4.79 Å². The van der Waals surface area contributed by atoms with Crippen LogP contribution >= 0.6 is 0 Å². The molecule has 2 fully saturated rings. The van der Waals surface area contributed by atoms with Gasteiger partial charge in [0.25, 0.3) is 0 Å². The maximum atomic E-state index is 12.8. The van der Waals surface area contributed by atoms with E-state index < -0.39 is 0 Å². The summed E-state index contributed by atoms with van der Waals surface area (Å²) in [6, 6.07) is 4.21. The van der Waals surface area contributed by atoms with Crippen LogP contribution < -0.4 is 15.5 Å². The average Bonchev–Trinajstić information content (AvgIpc) is 3.26. The number of piperazine rings is 1. The molecule has 3 rings (SSSR count). The van der Waals surface area contributed by atoms with Gasteiger partial charge in [-0.05, 0) is 38.4 Å². The lowest BCUT2D eigenvalue weighted by Gasteiger charge is -2.33. The highest BCUT2D eigenvalue weighted by Crippen LogP contribution is 2.38. The molecule has 2 aliphatic rings. The number of aliphatic imine (C=N–C) groups is 1. The lowest BCUT2D eigenvalue weighted by atomic mass is 9.84. The molecule has 31 heavy (non-hydrogen) atoms. The molecule has 0 atom stereocenters. The number of aromatic nitrogens is 1. The lowest BCUT2D eigenvalue weighted by Crippen LogP contribution is -2.49. The average molecular weight is 430 g/mol. The highest BCUT2D eigenvalue weighted by atomic mass is 16.2.